The molecule has 4 aromatic rings. The van der Waals surface area contributed by atoms with Crippen molar-refractivity contribution in [3.63, 3.8) is 0 Å². The van der Waals surface area contributed by atoms with E-state index in [1.54, 1.807) is 66.0 Å². The first kappa shape index (κ1) is 19.7. The SMILES string of the molecule is N#CC(C(=NS(=O)(=O)c1cccs1)c1ccccc1)c1nc2ccccc2c(=O)[nH]1. The summed E-state index contributed by atoms with van der Waals surface area (Å²) < 4.78 is 29.7. The molecule has 1 N–H and O–H groups in total. The molecular weight excluding hydrogens is 420 g/mol. The van der Waals surface area contributed by atoms with Gasteiger partial charge in [0.1, 0.15) is 16.0 Å². The highest BCUT2D eigenvalue weighted by Gasteiger charge is 2.26. The largest absolute Gasteiger partial charge is 0.309 e. The molecule has 0 radical (unpaired) electrons. The van der Waals surface area contributed by atoms with Gasteiger partial charge in [0, 0.05) is 0 Å². The molecular formula is C21H14N4O3S2. The summed E-state index contributed by atoms with van der Waals surface area (Å²) in [6.07, 6.45) is 0. The smallest absolute Gasteiger partial charge is 0.292 e. The summed E-state index contributed by atoms with van der Waals surface area (Å²) in [7, 11) is -4.04. The Morgan fingerprint density at radius 1 is 1.07 bits per heavy atom. The second kappa shape index (κ2) is 8.02. The molecule has 4 rings (SSSR count). The van der Waals surface area contributed by atoms with Crippen molar-refractivity contribution in [2.24, 2.45) is 4.40 Å². The van der Waals surface area contributed by atoms with Crippen LogP contribution in [-0.2, 0) is 10.0 Å². The van der Waals surface area contributed by atoms with Crippen LogP contribution in [0.3, 0.4) is 0 Å². The number of rotatable bonds is 5. The lowest BCUT2D eigenvalue weighted by Gasteiger charge is -2.13. The zero-order valence-electron chi connectivity index (χ0n) is 15.4. The lowest BCUT2D eigenvalue weighted by Crippen LogP contribution is -2.21. The quantitative estimate of drug-likeness (QED) is 0.483. The first-order valence-corrected chi connectivity index (χ1v) is 11.1. The summed E-state index contributed by atoms with van der Waals surface area (Å²) in [5.74, 6) is -1.16. The Kier molecular flexibility index (Phi) is 5.27. The molecule has 0 saturated carbocycles. The van der Waals surface area contributed by atoms with Crippen LogP contribution in [-0.4, -0.2) is 24.1 Å². The van der Waals surface area contributed by atoms with E-state index in [0.717, 1.165) is 11.3 Å². The monoisotopic (exact) mass is 434 g/mol. The van der Waals surface area contributed by atoms with E-state index in [-0.39, 0.29) is 15.7 Å². The van der Waals surface area contributed by atoms with E-state index in [1.165, 1.54) is 6.07 Å². The molecule has 1 unspecified atom stereocenters. The molecule has 7 nitrogen and oxygen atoms in total. The predicted octanol–water partition coefficient (Wildman–Crippen LogP) is 3.47. The Labute approximate surface area is 176 Å². The van der Waals surface area contributed by atoms with Crippen molar-refractivity contribution in [3.8, 4) is 6.07 Å². The number of aromatic amines is 1. The fraction of sp³-hybridized carbons (Fsp3) is 0.0476. The van der Waals surface area contributed by atoms with Crippen molar-refractivity contribution in [2.45, 2.75) is 10.1 Å². The van der Waals surface area contributed by atoms with Gasteiger partial charge in [-0.3, -0.25) is 4.79 Å². The van der Waals surface area contributed by atoms with Gasteiger partial charge in [-0.1, -0.05) is 48.5 Å². The van der Waals surface area contributed by atoms with Gasteiger partial charge in [-0.05, 0) is 29.1 Å². The van der Waals surface area contributed by atoms with Crippen LogP contribution in [0.4, 0.5) is 0 Å². The van der Waals surface area contributed by atoms with Gasteiger partial charge < -0.3 is 4.98 Å². The topological polar surface area (TPSA) is 116 Å². The fourth-order valence-electron chi connectivity index (χ4n) is 2.96. The third kappa shape index (κ3) is 3.78. The highest BCUT2D eigenvalue weighted by atomic mass is 32.2. The van der Waals surface area contributed by atoms with Gasteiger partial charge in [0.15, 0.2) is 0 Å². The molecule has 2 aromatic heterocycles. The number of nitrogens with zero attached hydrogens (tertiary/aromatic N) is 3. The molecule has 2 aromatic carbocycles. The maximum absolute atomic E-state index is 12.8. The number of fused-ring (bicyclic) bond motifs is 1. The van der Waals surface area contributed by atoms with E-state index in [0.29, 0.717) is 16.5 Å². The minimum atomic E-state index is -4.04. The lowest BCUT2D eigenvalue weighted by atomic mass is 9.97. The van der Waals surface area contributed by atoms with E-state index in [4.69, 9.17) is 0 Å². The summed E-state index contributed by atoms with van der Waals surface area (Å²) in [4.78, 5) is 19.5. The van der Waals surface area contributed by atoms with Crippen molar-refractivity contribution in [1.82, 2.24) is 9.97 Å². The van der Waals surface area contributed by atoms with Crippen LogP contribution in [0.5, 0.6) is 0 Å². The van der Waals surface area contributed by atoms with E-state index in [2.05, 4.69) is 20.4 Å². The van der Waals surface area contributed by atoms with E-state index < -0.39 is 21.5 Å². The second-order valence-electron chi connectivity index (χ2n) is 6.28. The van der Waals surface area contributed by atoms with Crippen LogP contribution in [0.25, 0.3) is 10.9 Å². The zero-order chi connectivity index (χ0) is 21.1. The third-order valence-electron chi connectivity index (χ3n) is 4.34. The second-order valence-corrected chi connectivity index (χ2v) is 9.06. The van der Waals surface area contributed by atoms with Crippen LogP contribution in [0.15, 0.2) is 85.5 Å². The number of thiophene rings is 1. The van der Waals surface area contributed by atoms with Gasteiger partial charge in [0.05, 0.1) is 22.7 Å². The van der Waals surface area contributed by atoms with Gasteiger partial charge in [-0.25, -0.2) is 4.98 Å². The van der Waals surface area contributed by atoms with Gasteiger partial charge in [-0.15, -0.1) is 11.3 Å². The molecule has 0 spiro atoms. The molecule has 2 heterocycles. The van der Waals surface area contributed by atoms with E-state index in [1.807, 2.05) is 0 Å². The van der Waals surface area contributed by atoms with Crippen molar-refractivity contribution < 1.29 is 8.42 Å². The number of hydrogen-bond donors (Lipinski definition) is 1. The Morgan fingerprint density at radius 2 is 1.80 bits per heavy atom. The van der Waals surface area contributed by atoms with Crippen LogP contribution in [0, 0.1) is 11.3 Å². The standard InChI is InChI=1S/C21H14N4O3S2/c22-13-16(20-23-17-10-5-4-9-15(17)21(26)24-20)19(14-7-2-1-3-8-14)25-30(27,28)18-11-6-12-29-18/h1-12,16H,(H,23,24,26). The summed E-state index contributed by atoms with van der Waals surface area (Å²) in [5, 5.41) is 11.9. The summed E-state index contributed by atoms with van der Waals surface area (Å²) in [6, 6.07) is 20.4. The summed E-state index contributed by atoms with van der Waals surface area (Å²) in [6.45, 7) is 0. The highest BCUT2D eigenvalue weighted by Crippen LogP contribution is 2.24. The molecule has 0 amide bonds. The number of hydrogen-bond acceptors (Lipinski definition) is 6. The lowest BCUT2D eigenvalue weighted by molar-refractivity contribution is 0.600. The van der Waals surface area contributed by atoms with Crippen molar-refractivity contribution in [3.05, 3.63) is 93.9 Å². The Hall–Kier alpha value is -3.61. The van der Waals surface area contributed by atoms with Gasteiger partial charge in [-0.2, -0.15) is 18.1 Å². The van der Waals surface area contributed by atoms with E-state index in [9.17, 15) is 18.5 Å². The number of aromatic nitrogens is 2. The first-order valence-electron chi connectivity index (χ1n) is 8.82. The fourth-order valence-corrected chi connectivity index (χ4v) is 4.98. The van der Waals surface area contributed by atoms with Crippen molar-refractivity contribution in [1.29, 1.82) is 5.26 Å². The average Bonchev–Trinajstić information content (AvgIpc) is 3.30. The molecule has 0 fully saturated rings. The molecule has 0 saturated heterocycles. The molecule has 0 aliphatic rings. The summed E-state index contributed by atoms with van der Waals surface area (Å²) in [5.41, 5.74) is 0.430. The first-order chi connectivity index (χ1) is 14.5. The Morgan fingerprint density at radius 3 is 2.50 bits per heavy atom. The number of sulfonamides is 1. The van der Waals surface area contributed by atoms with Crippen molar-refractivity contribution in [2.75, 3.05) is 0 Å². The molecule has 0 bridgehead atoms. The highest BCUT2D eigenvalue weighted by molar-refractivity contribution is 7.92. The number of benzene rings is 2. The predicted molar refractivity (Wildman–Crippen MR) is 115 cm³/mol. The van der Waals surface area contributed by atoms with Gasteiger partial charge in [0.2, 0.25) is 0 Å². The number of nitrogens with one attached hydrogen (secondary N) is 1. The molecule has 9 heteroatoms. The van der Waals surface area contributed by atoms with Crippen molar-refractivity contribution >= 4 is 38.0 Å². The Bertz CT molecular complexity index is 1440. The number of H-pyrrole nitrogens is 1. The number of para-hydroxylation sites is 1. The van der Waals surface area contributed by atoms with Crippen LogP contribution < -0.4 is 5.56 Å². The van der Waals surface area contributed by atoms with Crippen LogP contribution in [0.1, 0.15) is 17.3 Å². The average molecular weight is 435 g/mol. The van der Waals surface area contributed by atoms with Gasteiger partial charge in [0.25, 0.3) is 15.6 Å². The maximum atomic E-state index is 12.8. The third-order valence-corrected chi connectivity index (χ3v) is 7.01. The van der Waals surface area contributed by atoms with Gasteiger partial charge >= 0.3 is 0 Å². The Balaban J connectivity index is 1.94. The minimum Gasteiger partial charge on any atom is -0.309 e. The molecule has 0 aliphatic heterocycles. The van der Waals surface area contributed by atoms with E-state index >= 15 is 0 Å². The van der Waals surface area contributed by atoms with Crippen LogP contribution in [0.2, 0.25) is 0 Å². The summed E-state index contributed by atoms with van der Waals surface area (Å²) >= 11 is 1.04. The normalized spacial score (nSPS) is 13.1. The maximum Gasteiger partial charge on any atom is 0.292 e. The molecule has 0 aliphatic carbocycles. The molecule has 1 atom stereocenters. The zero-order valence-corrected chi connectivity index (χ0v) is 17.0. The molecule has 148 valence electrons. The van der Waals surface area contributed by atoms with Crippen LogP contribution >= 0.6 is 11.3 Å². The molecule has 30 heavy (non-hydrogen) atoms. The number of nitriles is 1. The minimum absolute atomic E-state index is 0.00932.